The minimum Gasteiger partial charge on any atom is -0.353 e. The van der Waals surface area contributed by atoms with E-state index in [9.17, 15) is 12.8 Å². The number of pyridine rings is 3. The second-order valence-corrected chi connectivity index (χ2v) is 11.2. The van der Waals surface area contributed by atoms with Crippen LogP contribution in [0.15, 0.2) is 73.2 Å². The molecule has 8 nitrogen and oxygen atoms in total. The fraction of sp³-hybridized carbons (Fsp3) is 0.111. The third-order valence-corrected chi connectivity index (χ3v) is 7.11. The van der Waals surface area contributed by atoms with Gasteiger partial charge in [-0.3, -0.25) is 15.1 Å². The molecule has 0 unspecified atom stereocenters. The summed E-state index contributed by atoms with van der Waals surface area (Å²) in [4.78, 5) is 16.9. The summed E-state index contributed by atoms with van der Waals surface area (Å²) in [5.41, 5.74) is 7.13. The van der Waals surface area contributed by atoms with Gasteiger partial charge in [0.15, 0.2) is 0 Å². The molecular weight excluding hydrogens is 491 g/mol. The lowest BCUT2D eigenvalue weighted by atomic mass is 10.0. The van der Waals surface area contributed by atoms with E-state index in [4.69, 9.17) is 4.98 Å². The number of aryl methyl sites for hydroxylation is 1. The van der Waals surface area contributed by atoms with Gasteiger partial charge in [0.1, 0.15) is 26.9 Å². The Morgan fingerprint density at radius 2 is 1.84 bits per heavy atom. The zero-order valence-electron chi connectivity index (χ0n) is 19.7. The summed E-state index contributed by atoms with van der Waals surface area (Å²) in [6, 6.07) is 16.0. The van der Waals surface area contributed by atoms with Gasteiger partial charge in [0.05, 0.1) is 28.4 Å². The Hall–Kier alpha value is -4.44. The van der Waals surface area contributed by atoms with Crippen molar-refractivity contribution in [2.75, 3.05) is 12.0 Å². The van der Waals surface area contributed by atoms with Crippen LogP contribution >= 0.6 is 0 Å². The van der Waals surface area contributed by atoms with Gasteiger partial charge in [0.25, 0.3) is 0 Å². The van der Waals surface area contributed by atoms with Crippen LogP contribution < -0.4 is 0 Å². The first-order valence-electron chi connectivity index (χ1n) is 11.6. The molecule has 0 radical (unpaired) electrons. The molecule has 0 amide bonds. The van der Waals surface area contributed by atoms with E-state index in [2.05, 4.69) is 25.1 Å². The average molecular weight is 513 g/mol. The summed E-state index contributed by atoms with van der Waals surface area (Å²) in [7, 11) is -3.17. The number of rotatable bonds is 6. The van der Waals surface area contributed by atoms with Crippen LogP contribution in [-0.4, -0.2) is 50.6 Å². The van der Waals surface area contributed by atoms with E-state index in [0.717, 1.165) is 33.4 Å². The molecule has 6 rings (SSSR count). The number of benzene rings is 1. The van der Waals surface area contributed by atoms with Gasteiger partial charge in [-0.05, 0) is 66.6 Å². The lowest BCUT2D eigenvalue weighted by Gasteiger charge is -2.07. The van der Waals surface area contributed by atoms with Crippen molar-refractivity contribution in [1.29, 1.82) is 0 Å². The largest absolute Gasteiger partial charge is 0.353 e. The smallest absolute Gasteiger partial charge is 0.147 e. The Balaban J connectivity index is 1.44. The molecule has 0 aliphatic carbocycles. The maximum Gasteiger partial charge on any atom is 0.147 e. The van der Waals surface area contributed by atoms with Crippen molar-refractivity contribution in [3.05, 3.63) is 84.6 Å². The normalized spacial score (nSPS) is 11.9. The average Bonchev–Trinajstić information content (AvgIpc) is 3.51. The minimum absolute atomic E-state index is 0.0535. The highest BCUT2D eigenvalue weighted by Gasteiger charge is 2.17. The summed E-state index contributed by atoms with van der Waals surface area (Å²) in [6.45, 7) is 0. The molecule has 5 aromatic heterocycles. The monoisotopic (exact) mass is 512 g/mol. The molecular formula is C27H21FN6O2S. The molecule has 37 heavy (non-hydrogen) atoms. The van der Waals surface area contributed by atoms with Crippen LogP contribution in [0.5, 0.6) is 0 Å². The van der Waals surface area contributed by atoms with Crippen molar-refractivity contribution in [1.82, 2.24) is 30.1 Å². The molecule has 0 aliphatic heterocycles. The molecule has 5 heterocycles. The van der Waals surface area contributed by atoms with E-state index in [-0.39, 0.29) is 12.2 Å². The van der Waals surface area contributed by atoms with Gasteiger partial charge >= 0.3 is 0 Å². The summed E-state index contributed by atoms with van der Waals surface area (Å²) in [5, 5.41) is 8.33. The molecule has 1 aromatic carbocycles. The van der Waals surface area contributed by atoms with Gasteiger partial charge in [-0.15, -0.1) is 0 Å². The Morgan fingerprint density at radius 3 is 2.65 bits per heavy atom. The highest BCUT2D eigenvalue weighted by molar-refractivity contribution is 7.90. The second-order valence-electron chi connectivity index (χ2n) is 8.94. The maximum atomic E-state index is 14.5. The van der Waals surface area contributed by atoms with Crippen molar-refractivity contribution in [2.45, 2.75) is 6.42 Å². The van der Waals surface area contributed by atoms with Gasteiger partial charge in [0.2, 0.25) is 0 Å². The topological polar surface area (TPSA) is 117 Å². The standard InChI is InChI=1S/C27H21FN6O2S/c1-37(35,36)10-7-16-11-18(13-19(28)12-16)25-20-14-24(31-22(20)6-9-30-25)27-26-23(33-34-27)5-4-21(32-26)17-3-2-8-29-15-17/h2-6,8-9,11-15,31H,7,10H2,1H3,(H,33,34). The molecule has 6 aromatic rings. The van der Waals surface area contributed by atoms with E-state index in [1.807, 2.05) is 36.4 Å². The Kier molecular flexibility index (Phi) is 5.53. The highest BCUT2D eigenvalue weighted by atomic mass is 32.2. The Morgan fingerprint density at radius 1 is 0.946 bits per heavy atom. The third-order valence-electron chi connectivity index (χ3n) is 6.16. The molecule has 0 bridgehead atoms. The van der Waals surface area contributed by atoms with Crippen molar-refractivity contribution in [3.63, 3.8) is 0 Å². The molecule has 0 saturated carbocycles. The van der Waals surface area contributed by atoms with Crippen molar-refractivity contribution in [2.24, 2.45) is 0 Å². The fourth-order valence-corrected chi connectivity index (χ4v) is 5.01. The second kappa shape index (κ2) is 8.90. The van der Waals surface area contributed by atoms with E-state index in [0.29, 0.717) is 28.0 Å². The van der Waals surface area contributed by atoms with Crippen molar-refractivity contribution >= 4 is 31.8 Å². The molecule has 0 saturated heterocycles. The van der Waals surface area contributed by atoms with Crippen LogP contribution in [0.3, 0.4) is 0 Å². The highest BCUT2D eigenvalue weighted by Crippen LogP contribution is 2.33. The number of fused-ring (bicyclic) bond motifs is 2. The van der Waals surface area contributed by atoms with Gasteiger partial charge in [-0.25, -0.2) is 17.8 Å². The first-order valence-corrected chi connectivity index (χ1v) is 13.6. The third kappa shape index (κ3) is 4.58. The maximum absolute atomic E-state index is 14.5. The van der Waals surface area contributed by atoms with Gasteiger partial charge in [-0.1, -0.05) is 0 Å². The number of halogens is 1. The number of aromatic amines is 2. The molecule has 0 fully saturated rings. The zero-order valence-corrected chi connectivity index (χ0v) is 20.6. The van der Waals surface area contributed by atoms with Gasteiger partial charge in [0, 0.05) is 46.9 Å². The summed E-state index contributed by atoms with van der Waals surface area (Å²) in [5.74, 6) is -0.497. The minimum atomic E-state index is -3.17. The van der Waals surface area contributed by atoms with Crippen molar-refractivity contribution in [3.8, 4) is 33.9 Å². The van der Waals surface area contributed by atoms with Crippen LogP contribution in [0.1, 0.15) is 5.56 Å². The zero-order chi connectivity index (χ0) is 25.6. The number of aromatic nitrogens is 6. The molecule has 0 aliphatic rings. The van der Waals surface area contributed by atoms with E-state index in [1.54, 1.807) is 24.7 Å². The van der Waals surface area contributed by atoms with Crippen LogP contribution in [0.2, 0.25) is 0 Å². The lowest BCUT2D eigenvalue weighted by Crippen LogP contribution is -2.06. The van der Waals surface area contributed by atoms with E-state index in [1.165, 1.54) is 18.4 Å². The van der Waals surface area contributed by atoms with Gasteiger partial charge < -0.3 is 4.98 Å². The Labute approximate surface area is 211 Å². The van der Waals surface area contributed by atoms with E-state index >= 15 is 0 Å². The molecule has 184 valence electrons. The molecule has 10 heteroatoms. The summed E-state index contributed by atoms with van der Waals surface area (Å²) in [6.07, 6.45) is 6.53. The predicted molar refractivity (Wildman–Crippen MR) is 141 cm³/mol. The molecule has 0 atom stereocenters. The number of hydrogen-bond donors (Lipinski definition) is 2. The lowest BCUT2D eigenvalue weighted by molar-refractivity contribution is 0.600. The van der Waals surface area contributed by atoms with Crippen LogP contribution in [-0.2, 0) is 16.3 Å². The number of nitrogens with one attached hydrogen (secondary N) is 2. The number of hydrogen-bond acceptors (Lipinski definition) is 6. The van der Waals surface area contributed by atoms with Crippen LogP contribution in [0, 0.1) is 5.82 Å². The number of sulfone groups is 1. The Bertz CT molecular complexity index is 1880. The number of nitrogens with zero attached hydrogens (tertiary/aromatic N) is 4. The summed E-state index contributed by atoms with van der Waals surface area (Å²) >= 11 is 0. The van der Waals surface area contributed by atoms with E-state index < -0.39 is 15.7 Å². The quantitative estimate of drug-likeness (QED) is 0.326. The first kappa shape index (κ1) is 23.0. The van der Waals surface area contributed by atoms with Crippen molar-refractivity contribution < 1.29 is 12.8 Å². The van der Waals surface area contributed by atoms with Crippen LogP contribution in [0.25, 0.3) is 55.8 Å². The SMILES string of the molecule is CS(=O)(=O)CCc1cc(F)cc(-c2nccc3[nH]c(-c4n[nH]c5ccc(-c6cccnc6)nc45)cc23)c1. The first-order chi connectivity index (χ1) is 17.8. The van der Waals surface area contributed by atoms with Crippen LogP contribution in [0.4, 0.5) is 4.39 Å². The molecule has 2 N–H and O–H groups in total. The number of H-pyrrole nitrogens is 2. The summed E-state index contributed by atoms with van der Waals surface area (Å²) < 4.78 is 37.7. The molecule has 0 spiro atoms. The van der Waals surface area contributed by atoms with Gasteiger partial charge in [-0.2, -0.15) is 5.10 Å². The fourth-order valence-electron chi connectivity index (χ4n) is 4.41. The predicted octanol–water partition coefficient (Wildman–Crippen LogP) is 4.96.